The monoisotopic (exact) mass is 393 g/mol. The number of benzene rings is 2. The van der Waals surface area contributed by atoms with E-state index < -0.39 is 11.7 Å². The number of likely N-dealkylation sites (N-methyl/N-ethyl adjacent to an activating group) is 2. The smallest absolute Gasteiger partial charge is 0.305 e. The maximum absolute atomic E-state index is 13.1. The number of alkyl halides is 3. The molecule has 6 heteroatoms. The maximum atomic E-state index is 13.1. The Morgan fingerprint density at radius 3 is 1.89 bits per heavy atom. The molecule has 0 heterocycles. The van der Waals surface area contributed by atoms with Crippen molar-refractivity contribution in [2.24, 2.45) is 0 Å². The normalized spacial score (nSPS) is 12.4. The van der Waals surface area contributed by atoms with Crippen LogP contribution in [-0.4, -0.2) is 56.0 Å². The minimum Gasteiger partial charge on any atom is -0.305 e. The van der Waals surface area contributed by atoms with Crippen molar-refractivity contribution < 1.29 is 13.2 Å². The van der Waals surface area contributed by atoms with Crippen LogP contribution in [0.5, 0.6) is 0 Å². The number of halogens is 3. The molecule has 0 bridgehead atoms. The number of nitrogens with zero attached hydrogens (tertiary/aromatic N) is 3. The van der Waals surface area contributed by atoms with Gasteiger partial charge in [0.25, 0.3) is 0 Å². The van der Waals surface area contributed by atoms with E-state index in [1.54, 1.807) is 6.07 Å². The lowest BCUT2D eigenvalue weighted by Gasteiger charge is -2.24. The van der Waals surface area contributed by atoms with Crippen molar-refractivity contribution >= 4 is 0 Å². The molecule has 0 aliphatic rings. The molecule has 28 heavy (non-hydrogen) atoms. The fourth-order valence-electron chi connectivity index (χ4n) is 3.13. The highest BCUT2D eigenvalue weighted by molar-refractivity contribution is 5.33. The summed E-state index contributed by atoms with van der Waals surface area (Å²) in [6, 6.07) is 14.3. The van der Waals surface area contributed by atoms with Crippen molar-refractivity contribution in [1.82, 2.24) is 14.7 Å². The lowest BCUT2D eigenvalue weighted by atomic mass is 10.0. The SMILES string of the molecule is CN(C)Cc1ccc(C(F)(F)F)cc1CN(C)CCN(C)Cc1ccccc1. The summed E-state index contributed by atoms with van der Waals surface area (Å²) in [6.45, 7) is 3.58. The van der Waals surface area contributed by atoms with E-state index in [2.05, 4.69) is 29.0 Å². The lowest BCUT2D eigenvalue weighted by molar-refractivity contribution is -0.137. The third kappa shape index (κ3) is 7.26. The second-order valence-corrected chi connectivity index (χ2v) is 7.68. The molecule has 0 N–H and O–H groups in total. The van der Waals surface area contributed by atoms with Gasteiger partial charge in [-0.05, 0) is 57.0 Å². The van der Waals surface area contributed by atoms with Gasteiger partial charge in [0.15, 0.2) is 0 Å². The van der Waals surface area contributed by atoms with E-state index in [0.29, 0.717) is 13.1 Å². The van der Waals surface area contributed by atoms with Crippen molar-refractivity contribution in [2.75, 3.05) is 41.3 Å². The van der Waals surface area contributed by atoms with Crippen LogP contribution in [0.1, 0.15) is 22.3 Å². The van der Waals surface area contributed by atoms with Crippen LogP contribution in [0, 0.1) is 0 Å². The zero-order valence-electron chi connectivity index (χ0n) is 17.1. The first-order valence-corrected chi connectivity index (χ1v) is 9.40. The van der Waals surface area contributed by atoms with Gasteiger partial charge in [-0.2, -0.15) is 13.2 Å². The Morgan fingerprint density at radius 2 is 1.32 bits per heavy atom. The molecule has 0 aliphatic carbocycles. The average Bonchev–Trinajstić information content (AvgIpc) is 2.61. The van der Waals surface area contributed by atoms with E-state index in [4.69, 9.17) is 0 Å². The van der Waals surface area contributed by atoms with Crippen molar-refractivity contribution in [3.05, 3.63) is 70.8 Å². The van der Waals surface area contributed by atoms with Crippen LogP contribution in [0.3, 0.4) is 0 Å². The highest BCUT2D eigenvalue weighted by Gasteiger charge is 2.31. The Labute approximate surface area is 166 Å². The van der Waals surface area contributed by atoms with Gasteiger partial charge in [0.05, 0.1) is 5.56 Å². The first-order chi connectivity index (χ1) is 13.1. The van der Waals surface area contributed by atoms with Gasteiger partial charge >= 0.3 is 6.18 Å². The molecule has 0 unspecified atom stereocenters. The summed E-state index contributed by atoms with van der Waals surface area (Å²) >= 11 is 0. The van der Waals surface area contributed by atoms with Gasteiger partial charge in [-0.25, -0.2) is 0 Å². The fraction of sp³-hybridized carbons (Fsp3) is 0.455. The van der Waals surface area contributed by atoms with Crippen molar-refractivity contribution in [3.8, 4) is 0 Å². The van der Waals surface area contributed by atoms with E-state index in [0.717, 1.165) is 30.8 Å². The van der Waals surface area contributed by atoms with Crippen LogP contribution in [0.25, 0.3) is 0 Å². The number of rotatable bonds is 9. The molecule has 0 amide bonds. The van der Waals surface area contributed by atoms with E-state index in [-0.39, 0.29) is 0 Å². The summed E-state index contributed by atoms with van der Waals surface area (Å²) in [5, 5.41) is 0. The largest absolute Gasteiger partial charge is 0.416 e. The molecule has 2 aromatic carbocycles. The zero-order valence-corrected chi connectivity index (χ0v) is 17.1. The molecule has 154 valence electrons. The Kier molecular flexibility index (Phi) is 8.04. The highest BCUT2D eigenvalue weighted by Crippen LogP contribution is 2.31. The predicted octanol–water partition coefficient (Wildman–Crippen LogP) is 4.33. The first kappa shape index (κ1) is 22.4. The molecule has 0 radical (unpaired) electrons. The summed E-state index contributed by atoms with van der Waals surface area (Å²) < 4.78 is 39.4. The van der Waals surface area contributed by atoms with Crippen LogP contribution in [-0.2, 0) is 25.8 Å². The van der Waals surface area contributed by atoms with Gasteiger partial charge in [-0.15, -0.1) is 0 Å². The second-order valence-electron chi connectivity index (χ2n) is 7.68. The third-order valence-electron chi connectivity index (χ3n) is 4.62. The number of hydrogen-bond donors (Lipinski definition) is 0. The Hall–Kier alpha value is -1.89. The highest BCUT2D eigenvalue weighted by atomic mass is 19.4. The van der Waals surface area contributed by atoms with E-state index >= 15 is 0 Å². The average molecular weight is 393 g/mol. The molecule has 0 aliphatic heterocycles. The Bertz CT molecular complexity index is 730. The Balaban J connectivity index is 1.99. The Morgan fingerprint density at radius 1 is 0.714 bits per heavy atom. The van der Waals surface area contributed by atoms with Crippen LogP contribution in [0.4, 0.5) is 13.2 Å². The fourth-order valence-corrected chi connectivity index (χ4v) is 3.13. The molecular weight excluding hydrogens is 363 g/mol. The molecule has 3 nitrogen and oxygen atoms in total. The van der Waals surface area contributed by atoms with E-state index in [9.17, 15) is 13.2 Å². The molecule has 0 spiro atoms. The molecule has 2 aromatic rings. The van der Waals surface area contributed by atoms with Crippen molar-refractivity contribution in [2.45, 2.75) is 25.8 Å². The quantitative estimate of drug-likeness (QED) is 0.628. The van der Waals surface area contributed by atoms with Gasteiger partial charge in [0.2, 0.25) is 0 Å². The second kappa shape index (κ2) is 10.0. The molecule has 0 saturated heterocycles. The summed E-state index contributed by atoms with van der Waals surface area (Å²) in [6.07, 6.45) is -4.32. The van der Waals surface area contributed by atoms with Crippen LogP contribution >= 0.6 is 0 Å². The predicted molar refractivity (Wildman–Crippen MR) is 108 cm³/mol. The summed E-state index contributed by atoms with van der Waals surface area (Å²) in [5.74, 6) is 0. The lowest BCUT2D eigenvalue weighted by Crippen LogP contribution is -2.30. The van der Waals surface area contributed by atoms with Gasteiger partial charge in [-0.1, -0.05) is 36.4 Å². The minimum absolute atomic E-state index is 0.492. The molecule has 0 fully saturated rings. The van der Waals surface area contributed by atoms with Gasteiger partial charge in [0, 0.05) is 32.7 Å². The summed E-state index contributed by atoms with van der Waals surface area (Å²) in [4.78, 5) is 6.27. The van der Waals surface area contributed by atoms with Crippen LogP contribution in [0.2, 0.25) is 0 Å². The summed E-state index contributed by atoms with van der Waals surface area (Å²) in [7, 11) is 7.85. The first-order valence-electron chi connectivity index (χ1n) is 9.40. The summed E-state index contributed by atoms with van der Waals surface area (Å²) in [5.41, 5.74) is 2.33. The molecular formula is C22H30F3N3. The molecule has 0 atom stereocenters. The topological polar surface area (TPSA) is 9.72 Å². The zero-order chi connectivity index (χ0) is 20.7. The molecule has 0 saturated carbocycles. The molecule has 0 aromatic heterocycles. The van der Waals surface area contributed by atoms with Gasteiger partial charge in [0.1, 0.15) is 0 Å². The van der Waals surface area contributed by atoms with Crippen molar-refractivity contribution in [3.63, 3.8) is 0 Å². The van der Waals surface area contributed by atoms with E-state index in [1.807, 2.05) is 44.2 Å². The van der Waals surface area contributed by atoms with Gasteiger partial charge < -0.3 is 14.7 Å². The third-order valence-corrected chi connectivity index (χ3v) is 4.62. The molecule has 2 rings (SSSR count). The number of hydrogen-bond acceptors (Lipinski definition) is 3. The minimum atomic E-state index is -4.32. The van der Waals surface area contributed by atoms with E-state index in [1.165, 1.54) is 17.7 Å². The van der Waals surface area contributed by atoms with Gasteiger partial charge in [-0.3, -0.25) is 0 Å². The van der Waals surface area contributed by atoms with Crippen LogP contribution < -0.4 is 0 Å². The standard InChI is InChI=1S/C22H30F3N3/c1-26(2)16-19-10-11-21(22(23,24)25)14-20(19)17-28(4)13-12-27(3)15-18-8-6-5-7-9-18/h5-11,14H,12-13,15-17H2,1-4H3. The van der Waals surface area contributed by atoms with Crippen molar-refractivity contribution in [1.29, 1.82) is 0 Å². The maximum Gasteiger partial charge on any atom is 0.416 e. The van der Waals surface area contributed by atoms with Crippen LogP contribution in [0.15, 0.2) is 48.5 Å².